The number of rotatable bonds is 3. The number of hydrogen-bond donors (Lipinski definition) is 0. The molecule has 0 saturated carbocycles. The van der Waals surface area contributed by atoms with E-state index in [0.717, 1.165) is 0 Å². The van der Waals surface area contributed by atoms with Crippen LogP contribution in [0.1, 0.15) is 0 Å². The van der Waals surface area contributed by atoms with Crippen molar-refractivity contribution in [2.45, 2.75) is 58.9 Å². The molecule has 0 unspecified atom stereocenters. The van der Waals surface area contributed by atoms with E-state index in [4.69, 9.17) is 0 Å². The van der Waals surface area contributed by atoms with Gasteiger partial charge < -0.3 is 0 Å². The minimum absolute atomic E-state index is 0. The van der Waals surface area contributed by atoms with E-state index in [2.05, 4.69) is 58.9 Å². The van der Waals surface area contributed by atoms with E-state index in [0.29, 0.717) is 0 Å². The normalized spacial score (nSPS) is 14.1. The van der Waals surface area contributed by atoms with Crippen molar-refractivity contribution in [2.75, 3.05) is 0 Å². The molecular weight excluding hydrogens is 227 g/mol. The monoisotopic (exact) mass is 256 g/mol. The molecule has 0 aromatic heterocycles. The van der Waals surface area contributed by atoms with Crippen LogP contribution in [-0.2, 0) is 0 Å². The predicted molar refractivity (Wildman–Crippen MR) is 84.3 cm³/mol. The molecule has 14 heavy (non-hydrogen) atoms. The Labute approximate surface area is 107 Å². The van der Waals surface area contributed by atoms with Crippen molar-refractivity contribution >= 4 is 49.0 Å². The second kappa shape index (κ2) is 5.20. The molecule has 0 spiro atoms. The summed E-state index contributed by atoms with van der Waals surface area (Å²) in [5, 5.41) is 0. The van der Waals surface area contributed by atoms with Crippen LogP contribution in [0.3, 0.4) is 0 Å². The third-order valence-corrected chi connectivity index (χ3v) is 70.1. The first-order valence-corrected chi connectivity index (χ1v) is 21.3. The standard InChI is InChI=1S/C9H28Si4.Li.H/c1-11(2,3)10(12(4,5)6)13(7,8)9;;/h10H,1-9H3;;. The Kier molecular flexibility index (Phi) is 6.62. The van der Waals surface area contributed by atoms with Crippen LogP contribution < -0.4 is 0 Å². The molecule has 0 fully saturated rings. The summed E-state index contributed by atoms with van der Waals surface area (Å²) in [6, 6.07) is 0. The number of hydrogen-bond acceptors (Lipinski definition) is 0. The molecule has 0 nitrogen and oxygen atoms in total. The van der Waals surface area contributed by atoms with Crippen molar-refractivity contribution in [3.05, 3.63) is 0 Å². The van der Waals surface area contributed by atoms with Gasteiger partial charge in [-0.3, -0.25) is 0 Å². The molecule has 0 atom stereocenters. The minimum atomic E-state index is -0.795. The third kappa shape index (κ3) is 5.52. The summed E-state index contributed by atoms with van der Waals surface area (Å²) >= 11 is 0. The predicted octanol–water partition coefficient (Wildman–Crippen LogP) is 2.81. The van der Waals surface area contributed by atoms with E-state index in [9.17, 15) is 0 Å². The van der Waals surface area contributed by atoms with Crippen LogP contribution in [0.5, 0.6) is 0 Å². The Morgan fingerprint density at radius 1 is 0.500 bits per heavy atom. The van der Waals surface area contributed by atoms with E-state index < -0.39 is 22.8 Å². The van der Waals surface area contributed by atoms with Gasteiger partial charge in [-0.05, 0) is 0 Å². The van der Waals surface area contributed by atoms with Crippen LogP contribution in [0.2, 0.25) is 58.9 Å². The molecule has 0 amide bonds. The topological polar surface area (TPSA) is 0 Å². The van der Waals surface area contributed by atoms with Crippen LogP contribution >= 0.6 is 0 Å². The van der Waals surface area contributed by atoms with Gasteiger partial charge in [0.25, 0.3) is 0 Å². The zero-order chi connectivity index (χ0) is 11.1. The van der Waals surface area contributed by atoms with Crippen LogP contribution in [0, 0.1) is 0 Å². The molecule has 0 rings (SSSR count). The van der Waals surface area contributed by atoms with Crippen LogP contribution in [0.4, 0.5) is 0 Å². The average molecular weight is 257 g/mol. The van der Waals surface area contributed by atoms with Gasteiger partial charge in [0, 0.05) is 30.1 Å². The van der Waals surface area contributed by atoms with Gasteiger partial charge in [0.1, 0.15) is 0 Å². The first kappa shape index (κ1) is 17.8. The van der Waals surface area contributed by atoms with Crippen molar-refractivity contribution in [2.24, 2.45) is 0 Å². The summed E-state index contributed by atoms with van der Waals surface area (Å²) in [4.78, 5) is 0. The second-order valence-electron chi connectivity index (χ2n) is 7.53. The summed E-state index contributed by atoms with van der Waals surface area (Å²) in [7, 11) is -2.77. The molecular formula is C9H29LiSi4. The second-order valence-corrected chi connectivity index (χ2v) is 48.6. The Hall–Kier alpha value is 1.46. The van der Waals surface area contributed by atoms with Crippen molar-refractivity contribution in [1.82, 2.24) is 0 Å². The SMILES string of the molecule is C[Si](C)(C)[SiH]([Si](C)(C)C)[Si](C)(C)C.[LiH]. The molecule has 0 heterocycles. The Balaban J connectivity index is 0. The molecule has 0 radical (unpaired) electrons. The molecule has 0 N–H and O–H groups in total. The zero-order valence-electron chi connectivity index (χ0n) is 11.1. The maximum atomic E-state index is 2.63. The summed E-state index contributed by atoms with van der Waals surface area (Å²) < 4.78 is 0. The van der Waals surface area contributed by atoms with Gasteiger partial charge in [0.05, 0.1) is 0 Å². The van der Waals surface area contributed by atoms with Crippen molar-refractivity contribution in [1.29, 1.82) is 0 Å². The van der Waals surface area contributed by atoms with Gasteiger partial charge in [0.15, 0.2) is 0 Å². The quantitative estimate of drug-likeness (QED) is 0.681. The van der Waals surface area contributed by atoms with Crippen molar-refractivity contribution in [3.63, 3.8) is 0 Å². The molecule has 0 bridgehead atoms. The molecule has 5 heteroatoms. The van der Waals surface area contributed by atoms with Gasteiger partial charge in [-0.15, -0.1) is 0 Å². The summed E-state index contributed by atoms with van der Waals surface area (Å²) in [5.41, 5.74) is 0. The van der Waals surface area contributed by atoms with Crippen molar-refractivity contribution < 1.29 is 0 Å². The van der Waals surface area contributed by atoms with Crippen LogP contribution in [-0.4, -0.2) is 49.0 Å². The van der Waals surface area contributed by atoms with E-state index in [1.807, 2.05) is 0 Å². The van der Waals surface area contributed by atoms with E-state index in [-0.39, 0.29) is 26.2 Å². The fourth-order valence-corrected chi connectivity index (χ4v) is 105. The van der Waals surface area contributed by atoms with Crippen LogP contribution in [0.25, 0.3) is 0 Å². The fraction of sp³-hybridized carbons (Fsp3) is 1.00. The Morgan fingerprint density at radius 2 is 0.643 bits per heavy atom. The molecule has 0 aliphatic rings. The summed E-state index contributed by atoms with van der Waals surface area (Å²) in [6.07, 6.45) is 0. The summed E-state index contributed by atoms with van der Waals surface area (Å²) in [5.74, 6) is 0. The fourth-order valence-electron chi connectivity index (χ4n) is 3.90. The molecule has 0 saturated heterocycles. The molecule has 0 aromatic carbocycles. The molecule has 0 aliphatic carbocycles. The van der Waals surface area contributed by atoms with Gasteiger partial charge in [-0.25, -0.2) is 0 Å². The Morgan fingerprint density at radius 3 is 0.643 bits per heavy atom. The average Bonchev–Trinajstić information content (AvgIpc) is 1.44. The zero-order valence-corrected chi connectivity index (χ0v) is 15.2. The Bertz CT molecular complexity index is 139. The molecule has 0 aliphatic heterocycles. The van der Waals surface area contributed by atoms with E-state index >= 15 is 0 Å². The maximum absolute atomic E-state index is 2.63. The van der Waals surface area contributed by atoms with Gasteiger partial charge in [-0.1, -0.05) is 58.9 Å². The van der Waals surface area contributed by atoms with E-state index in [1.165, 1.54) is 0 Å². The molecule has 0 aromatic rings. The van der Waals surface area contributed by atoms with Crippen molar-refractivity contribution in [3.8, 4) is 0 Å². The first-order chi connectivity index (χ1) is 5.37. The van der Waals surface area contributed by atoms with E-state index in [1.54, 1.807) is 0 Å². The van der Waals surface area contributed by atoms with Gasteiger partial charge >= 0.3 is 18.9 Å². The first-order valence-electron chi connectivity index (χ1n) is 5.37. The third-order valence-electron chi connectivity index (χ3n) is 2.60. The van der Waals surface area contributed by atoms with Crippen LogP contribution in [0.15, 0.2) is 0 Å². The summed E-state index contributed by atoms with van der Waals surface area (Å²) in [6.45, 7) is 23.6. The van der Waals surface area contributed by atoms with Gasteiger partial charge in [-0.2, -0.15) is 0 Å². The van der Waals surface area contributed by atoms with Gasteiger partial charge in [0.2, 0.25) is 0 Å². The molecule has 82 valence electrons.